The Morgan fingerprint density at radius 1 is 1.50 bits per heavy atom. The number of hydrogen-bond donors (Lipinski definition) is 0. The summed E-state index contributed by atoms with van der Waals surface area (Å²) in [6.45, 7) is 1.56. The van der Waals surface area contributed by atoms with Crippen LogP contribution in [0, 0.1) is 0 Å². The Kier molecular flexibility index (Phi) is 1.43. The molecule has 0 spiro atoms. The molecule has 0 amide bonds. The maximum absolute atomic E-state index is 11.1. The number of hydrogen-bond acceptors (Lipinski definition) is 2. The van der Waals surface area contributed by atoms with E-state index in [9.17, 15) is 4.79 Å². The van der Waals surface area contributed by atoms with Crippen LogP contribution in [0.1, 0.15) is 17.3 Å². The lowest BCUT2D eigenvalue weighted by molar-refractivity contribution is 0.101. The molecule has 0 saturated carbocycles. The second-order valence-electron chi connectivity index (χ2n) is 2.65. The molecule has 2 heterocycles. The fourth-order valence-electron chi connectivity index (χ4n) is 1.25. The van der Waals surface area contributed by atoms with Gasteiger partial charge < -0.3 is 4.40 Å². The largest absolute Gasteiger partial charge is 0.320 e. The maximum Gasteiger partial charge on any atom is 0.162 e. The van der Waals surface area contributed by atoms with Crippen LogP contribution in [-0.2, 0) is 0 Å². The van der Waals surface area contributed by atoms with Crippen LogP contribution in [0.25, 0.3) is 5.52 Å². The number of rotatable bonds is 1. The minimum Gasteiger partial charge on any atom is -0.320 e. The highest BCUT2D eigenvalue weighted by Gasteiger charge is 2.05. The number of fused-ring (bicyclic) bond motifs is 1. The van der Waals surface area contributed by atoms with Crippen LogP contribution in [-0.4, -0.2) is 15.2 Å². The number of aromatic nitrogens is 2. The van der Waals surface area contributed by atoms with E-state index < -0.39 is 0 Å². The van der Waals surface area contributed by atoms with Crippen molar-refractivity contribution in [3.8, 4) is 0 Å². The van der Waals surface area contributed by atoms with Gasteiger partial charge in [0.05, 0.1) is 11.7 Å². The van der Waals surface area contributed by atoms with Gasteiger partial charge in [-0.15, -0.1) is 0 Å². The molecule has 60 valence electrons. The third kappa shape index (κ3) is 0.906. The SMILES string of the molecule is CC(=O)c1ccn2ccncc12. The Labute approximate surface area is 69.7 Å². The van der Waals surface area contributed by atoms with E-state index in [4.69, 9.17) is 0 Å². The van der Waals surface area contributed by atoms with Gasteiger partial charge in [-0.3, -0.25) is 9.78 Å². The summed E-state index contributed by atoms with van der Waals surface area (Å²) < 4.78 is 1.88. The second-order valence-corrected chi connectivity index (χ2v) is 2.65. The molecule has 0 saturated heterocycles. The molecule has 0 atom stereocenters. The zero-order valence-corrected chi connectivity index (χ0v) is 6.69. The van der Waals surface area contributed by atoms with E-state index in [1.54, 1.807) is 25.4 Å². The summed E-state index contributed by atoms with van der Waals surface area (Å²) >= 11 is 0. The van der Waals surface area contributed by atoms with E-state index >= 15 is 0 Å². The van der Waals surface area contributed by atoms with Crippen molar-refractivity contribution in [2.75, 3.05) is 0 Å². The highest BCUT2D eigenvalue weighted by molar-refractivity contribution is 6.00. The molecule has 0 fully saturated rings. The number of carbonyl (C=O) groups is 1. The van der Waals surface area contributed by atoms with Crippen molar-refractivity contribution in [2.45, 2.75) is 6.92 Å². The van der Waals surface area contributed by atoms with E-state index in [1.807, 2.05) is 16.8 Å². The van der Waals surface area contributed by atoms with E-state index in [1.165, 1.54) is 0 Å². The average Bonchev–Trinajstić information content (AvgIpc) is 2.47. The molecule has 0 aliphatic carbocycles. The van der Waals surface area contributed by atoms with Crippen LogP contribution < -0.4 is 0 Å². The molecule has 0 aliphatic heterocycles. The Morgan fingerprint density at radius 2 is 2.33 bits per heavy atom. The molecule has 2 aromatic rings. The first-order valence-electron chi connectivity index (χ1n) is 3.70. The van der Waals surface area contributed by atoms with Crippen molar-refractivity contribution in [3.05, 3.63) is 36.4 Å². The van der Waals surface area contributed by atoms with Crippen LogP contribution in [0.15, 0.2) is 30.9 Å². The number of ketones is 1. The molecule has 0 radical (unpaired) electrons. The zero-order chi connectivity index (χ0) is 8.55. The summed E-state index contributed by atoms with van der Waals surface area (Å²) in [5.41, 5.74) is 1.59. The smallest absolute Gasteiger partial charge is 0.162 e. The number of nitrogens with zero attached hydrogens (tertiary/aromatic N) is 2. The molecule has 2 aromatic heterocycles. The Bertz CT molecular complexity index is 431. The van der Waals surface area contributed by atoms with Crippen LogP contribution in [0.4, 0.5) is 0 Å². The molecular formula is C9H8N2O. The first kappa shape index (κ1) is 7.03. The van der Waals surface area contributed by atoms with Crippen molar-refractivity contribution in [2.24, 2.45) is 0 Å². The Hall–Kier alpha value is -1.64. The molecule has 3 heteroatoms. The van der Waals surface area contributed by atoms with Gasteiger partial charge in [-0.25, -0.2) is 0 Å². The molecule has 0 aromatic carbocycles. The first-order valence-corrected chi connectivity index (χ1v) is 3.70. The van der Waals surface area contributed by atoms with Crippen molar-refractivity contribution in [1.82, 2.24) is 9.38 Å². The summed E-state index contributed by atoms with van der Waals surface area (Å²) in [4.78, 5) is 15.0. The molecule has 12 heavy (non-hydrogen) atoms. The normalized spacial score (nSPS) is 10.4. The second kappa shape index (κ2) is 2.44. The molecule has 3 nitrogen and oxygen atoms in total. The van der Waals surface area contributed by atoms with Crippen molar-refractivity contribution < 1.29 is 4.79 Å². The predicted octanol–water partition coefficient (Wildman–Crippen LogP) is 1.54. The summed E-state index contributed by atoms with van der Waals surface area (Å²) in [5, 5.41) is 0. The fraction of sp³-hybridized carbons (Fsp3) is 0.111. The molecular weight excluding hydrogens is 152 g/mol. The number of Topliss-reactive ketones (excluding diaryl/α,β-unsaturated/α-hetero) is 1. The van der Waals surface area contributed by atoms with Crippen LogP contribution in [0.2, 0.25) is 0 Å². The Balaban J connectivity index is 2.79. The Morgan fingerprint density at radius 3 is 3.08 bits per heavy atom. The van der Waals surface area contributed by atoms with Crippen molar-refractivity contribution in [3.63, 3.8) is 0 Å². The first-order chi connectivity index (χ1) is 5.79. The van der Waals surface area contributed by atoms with Crippen molar-refractivity contribution in [1.29, 1.82) is 0 Å². The molecule has 0 bridgehead atoms. The monoisotopic (exact) mass is 160 g/mol. The van der Waals surface area contributed by atoms with E-state index in [0.717, 1.165) is 11.1 Å². The van der Waals surface area contributed by atoms with Crippen LogP contribution in [0.5, 0.6) is 0 Å². The lowest BCUT2D eigenvalue weighted by Crippen LogP contribution is -1.91. The highest BCUT2D eigenvalue weighted by atomic mass is 16.1. The topological polar surface area (TPSA) is 34.4 Å². The summed E-state index contributed by atoms with van der Waals surface area (Å²) in [5.74, 6) is 0.0745. The average molecular weight is 160 g/mol. The quantitative estimate of drug-likeness (QED) is 0.593. The summed E-state index contributed by atoms with van der Waals surface area (Å²) in [7, 11) is 0. The predicted molar refractivity (Wildman–Crippen MR) is 45.2 cm³/mol. The van der Waals surface area contributed by atoms with E-state index in [-0.39, 0.29) is 5.78 Å². The lowest BCUT2D eigenvalue weighted by atomic mass is 10.2. The van der Waals surface area contributed by atoms with Gasteiger partial charge in [-0.05, 0) is 13.0 Å². The maximum atomic E-state index is 11.1. The lowest BCUT2D eigenvalue weighted by Gasteiger charge is -1.93. The summed E-state index contributed by atoms with van der Waals surface area (Å²) in [6.07, 6.45) is 7.06. The van der Waals surface area contributed by atoms with E-state index in [0.29, 0.717) is 0 Å². The van der Waals surface area contributed by atoms with Gasteiger partial charge in [0.25, 0.3) is 0 Å². The van der Waals surface area contributed by atoms with Gasteiger partial charge in [0, 0.05) is 24.2 Å². The van der Waals surface area contributed by atoms with Gasteiger partial charge in [-0.2, -0.15) is 0 Å². The fourth-order valence-corrected chi connectivity index (χ4v) is 1.25. The zero-order valence-electron chi connectivity index (χ0n) is 6.69. The molecule has 2 rings (SSSR count). The minimum atomic E-state index is 0.0745. The van der Waals surface area contributed by atoms with Gasteiger partial charge >= 0.3 is 0 Å². The number of carbonyl (C=O) groups excluding carboxylic acids is 1. The van der Waals surface area contributed by atoms with E-state index in [2.05, 4.69) is 4.98 Å². The van der Waals surface area contributed by atoms with Gasteiger partial charge in [0.1, 0.15) is 0 Å². The molecule has 0 N–H and O–H groups in total. The molecule has 0 aliphatic rings. The standard InChI is InChI=1S/C9H8N2O/c1-7(12)8-2-4-11-5-3-10-6-9(8)11/h2-6H,1H3. The van der Waals surface area contributed by atoms with Crippen LogP contribution in [0.3, 0.4) is 0 Å². The van der Waals surface area contributed by atoms with Gasteiger partial charge in [-0.1, -0.05) is 0 Å². The third-order valence-electron chi connectivity index (χ3n) is 1.85. The minimum absolute atomic E-state index is 0.0745. The molecule has 0 unspecified atom stereocenters. The van der Waals surface area contributed by atoms with Gasteiger partial charge in [0.2, 0.25) is 0 Å². The highest BCUT2D eigenvalue weighted by Crippen LogP contribution is 2.10. The summed E-state index contributed by atoms with van der Waals surface area (Å²) in [6, 6.07) is 1.80. The van der Waals surface area contributed by atoms with Crippen molar-refractivity contribution >= 4 is 11.3 Å². The van der Waals surface area contributed by atoms with Crippen LogP contribution >= 0.6 is 0 Å². The third-order valence-corrected chi connectivity index (χ3v) is 1.85. The van der Waals surface area contributed by atoms with Gasteiger partial charge in [0.15, 0.2) is 5.78 Å².